The Morgan fingerprint density at radius 1 is 0.429 bits per heavy atom. The van der Waals surface area contributed by atoms with Crippen molar-refractivity contribution in [2.45, 2.75) is 19.3 Å². The maximum Gasteiger partial charge on any atom is 0.484 e. The molecule has 0 bridgehead atoms. The third kappa shape index (κ3) is 7.78. The van der Waals surface area contributed by atoms with Crippen LogP contribution in [0.15, 0.2) is 91.0 Å². The van der Waals surface area contributed by atoms with Crippen LogP contribution >= 0.6 is 0 Å². The van der Waals surface area contributed by atoms with Crippen molar-refractivity contribution in [3.63, 3.8) is 0 Å². The Hall–Kier alpha value is -2.24. The standard InChI is InChI=1S/C24H28O3Si/c1-4-10-22(11-5-1)16-19-25-28(26-20-17-23-12-6-2-7-13-23)27-21-18-24-14-8-3-9-15-24/h1-15,28H,16-21H2. The van der Waals surface area contributed by atoms with E-state index in [-0.39, 0.29) is 0 Å². The van der Waals surface area contributed by atoms with Crippen LogP contribution in [0.25, 0.3) is 0 Å². The van der Waals surface area contributed by atoms with Crippen LogP contribution in [0.2, 0.25) is 0 Å². The van der Waals surface area contributed by atoms with Gasteiger partial charge in [-0.05, 0) is 36.0 Å². The van der Waals surface area contributed by atoms with Crippen LogP contribution in [0.4, 0.5) is 0 Å². The summed E-state index contributed by atoms with van der Waals surface area (Å²) >= 11 is 0. The largest absolute Gasteiger partial charge is 0.484 e. The first-order chi connectivity index (χ1) is 13.9. The van der Waals surface area contributed by atoms with E-state index in [4.69, 9.17) is 13.3 Å². The molecule has 0 aliphatic carbocycles. The van der Waals surface area contributed by atoms with Crippen LogP contribution in [-0.2, 0) is 32.5 Å². The zero-order valence-electron chi connectivity index (χ0n) is 16.2. The number of hydrogen-bond acceptors (Lipinski definition) is 3. The predicted octanol–water partition coefficient (Wildman–Crippen LogP) is 4.48. The van der Waals surface area contributed by atoms with Gasteiger partial charge in [-0.25, -0.2) is 0 Å². The highest BCUT2D eigenvalue weighted by Crippen LogP contribution is 2.05. The quantitative estimate of drug-likeness (QED) is 0.425. The molecule has 0 fully saturated rings. The average Bonchev–Trinajstić information content (AvgIpc) is 2.76. The summed E-state index contributed by atoms with van der Waals surface area (Å²) in [5.41, 5.74) is 3.80. The highest BCUT2D eigenvalue weighted by atomic mass is 28.3. The molecule has 0 unspecified atom stereocenters. The normalized spacial score (nSPS) is 11.0. The summed E-state index contributed by atoms with van der Waals surface area (Å²) in [6.45, 7) is 1.87. The van der Waals surface area contributed by atoms with Crippen LogP contribution in [-0.4, -0.2) is 29.3 Å². The van der Waals surface area contributed by atoms with Gasteiger partial charge in [0.1, 0.15) is 0 Å². The van der Waals surface area contributed by atoms with Crippen LogP contribution in [0.3, 0.4) is 0 Å². The van der Waals surface area contributed by atoms with Crippen molar-refractivity contribution in [3.05, 3.63) is 108 Å². The van der Waals surface area contributed by atoms with Crippen molar-refractivity contribution in [1.82, 2.24) is 0 Å². The first-order valence-corrected chi connectivity index (χ1v) is 11.3. The summed E-state index contributed by atoms with van der Waals surface area (Å²) in [5.74, 6) is 0. The van der Waals surface area contributed by atoms with Crippen LogP contribution in [0.1, 0.15) is 16.7 Å². The fourth-order valence-electron chi connectivity index (χ4n) is 2.90. The lowest BCUT2D eigenvalue weighted by molar-refractivity contribution is 0.0959. The molecule has 0 radical (unpaired) electrons. The minimum absolute atomic E-state index is 0.623. The second-order valence-corrected chi connectivity index (χ2v) is 8.19. The molecule has 3 aromatic rings. The molecule has 4 heteroatoms. The Balaban J connectivity index is 1.44. The second-order valence-electron chi connectivity index (χ2n) is 6.61. The molecule has 0 aliphatic rings. The van der Waals surface area contributed by atoms with Gasteiger partial charge >= 0.3 is 9.53 Å². The van der Waals surface area contributed by atoms with Gasteiger partial charge in [0.15, 0.2) is 0 Å². The van der Waals surface area contributed by atoms with E-state index >= 15 is 0 Å². The molecule has 0 saturated carbocycles. The summed E-state index contributed by atoms with van der Waals surface area (Å²) < 4.78 is 18.0. The number of hydrogen-bond donors (Lipinski definition) is 0. The molecule has 3 aromatic carbocycles. The number of benzene rings is 3. The van der Waals surface area contributed by atoms with Gasteiger partial charge in [-0.1, -0.05) is 91.0 Å². The van der Waals surface area contributed by atoms with E-state index < -0.39 is 9.53 Å². The Bertz CT molecular complexity index is 657. The third-order valence-electron chi connectivity index (χ3n) is 4.46. The Morgan fingerprint density at radius 3 is 1.00 bits per heavy atom. The van der Waals surface area contributed by atoms with Gasteiger partial charge in [0.2, 0.25) is 0 Å². The van der Waals surface area contributed by atoms with Crippen molar-refractivity contribution in [2.75, 3.05) is 19.8 Å². The molecule has 3 rings (SSSR count). The highest BCUT2D eigenvalue weighted by Gasteiger charge is 2.15. The molecule has 146 valence electrons. The Labute approximate surface area is 169 Å². The van der Waals surface area contributed by atoms with Gasteiger partial charge in [-0.15, -0.1) is 0 Å². The molecular weight excluding hydrogens is 364 g/mol. The van der Waals surface area contributed by atoms with Gasteiger partial charge in [0.05, 0.1) is 0 Å². The van der Waals surface area contributed by atoms with Crippen molar-refractivity contribution >= 4 is 9.53 Å². The lowest BCUT2D eigenvalue weighted by Gasteiger charge is -2.17. The predicted molar refractivity (Wildman–Crippen MR) is 115 cm³/mol. The maximum atomic E-state index is 6.02. The molecule has 0 amide bonds. The van der Waals surface area contributed by atoms with E-state index in [1.54, 1.807) is 0 Å². The molecule has 28 heavy (non-hydrogen) atoms. The van der Waals surface area contributed by atoms with Gasteiger partial charge in [0.25, 0.3) is 0 Å². The van der Waals surface area contributed by atoms with Crippen LogP contribution in [0, 0.1) is 0 Å². The molecule has 0 aliphatic heterocycles. The molecular formula is C24H28O3Si. The van der Waals surface area contributed by atoms with Gasteiger partial charge < -0.3 is 13.3 Å². The van der Waals surface area contributed by atoms with Crippen molar-refractivity contribution in [1.29, 1.82) is 0 Å². The third-order valence-corrected chi connectivity index (χ3v) is 5.99. The van der Waals surface area contributed by atoms with E-state index in [0.717, 1.165) is 19.3 Å². The average molecular weight is 393 g/mol. The van der Waals surface area contributed by atoms with Gasteiger partial charge in [-0.2, -0.15) is 0 Å². The van der Waals surface area contributed by atoms with E-state index in [9.17, 15) is 0 Å². The van der Waals surface area contributed by atoms with Crippen LogP contribution in [0.5, 0.6) is 0 Å². The minimum Gasteiger partial charge on any atom is -0.375 e. The Kier molecular flexibility index (Phi) is 8.97. The molecule has 0 aromatic heterocycles. The number of rotatable bonds is 12. The maximum absolute atomic E-state index is 6.02. The first kappa shape index (κ1) is 20.5. The molecule has 0 saturated heterocycles. The summed E-state index contributed by atoms with van der Waals surface area (Å²) in [6, 6.07) is 31.1. The second kappa shape index (κ2) is 12.3. The van der Waals surface area contributed by atoms with Gasteiger partial charge in [0, 0.05) is 19.8 Å². The van der Waals surface area contributed by atoms with Crippen LogP contribution < -0.4 is 0 Å². The van der Waals surface area contributed by atoms with Gasteiger partial charge in [-0.3, -0.25) is 0 Å². The topological polar surface area (TPSA) is 27.7 Å². The van der Waals surface area contributed by atoms with E-state index in [0.29, 0.717) is 19.8 Å². The monoisotopic (exact) mass is 392 g/mol. The molecule has 0 atom stereocenters. The van der Waals surface area contributed by atoms with Crippen molar-refractivity contribution in [2.24, 2.45) is 0 Å². The molecule has 3 nitrogen and oxygen atoms in total. The SMILES string of the molecule is c1ccc(CCO[SiH](OCCc2ccccc2)OCCc2ccccc2)cc1. The van der Waals surface area contributed by atoms with Crippen molar-refractivity contribution in [3.8, 4) is 0 Å². The summed E-state index contributed by atoms with van der Waals surface area (Å²) in [5, 5.41) is 0. The lowest BCUT2D eigenvalue weighted by Crippen LogP contribution is -2.30. The first-order valence-electron chi connectivity index (χ1n) is 9.87. The smallest absolute Gasteiger partial charge is 0.375 e. The van der Waals surface area contributed by atoms with E-state index in [2.05, 4.69) is 72.8 Å². The van der Waals surface area contributed by atoms with Crippen molar-refractivity contribution < 1.29 is 13.3 Å². The fourth-order valence-corrected chi connectivity index (χ4v) is 4.12. The van der Waals surface area contributed by atoms with E-state index in [1.807, 2.05) is 18.2 Å². The summed E-state index contributed by atoms with van der Waals surface area (Å²) in [4.78, 5) is 0. The molecule has 0 heterocycles. The minimum atomic E-state index is -2.16. The zero-order chi connectivity index (χ0) is 19.3. The molecule has 0 spiro atoms. The highest BCUT2D eigenvalue weighted by molar-refractivity contribution is 6.36. The lowest BCUT2D eigenvalue weighted by atomic mass is 10.2. The Morgan fingerprint density at radius 2 is 0.714 bits per heavy atom. The zero-order valence-corrected chi connectivity index (χ0v) is 17.4. The summed E-state index contributed by atoms with van der Waals surface area (Å²) in [7, 11) is -2.16. The fraction of sp³-hybridized carbons (Fsp3) is 0.250. The molecule has 0 N–H and O–H groups in total. The summed E-state index contributed by atoms with van der Waals surface area (Å²) in [6.07, 6.45) is 2.61. The van der Waals surface area contributed by atoms with E-state index in [1.165, 1.54) is 16.7 Å².